The number of ketones is 1. The minimum absolute atomic E-state index is 0.0730. The predicted molar refractivity (Wildman–Crippen MR) is 59.0 cm³/mol. The Morgan fingerprint density at radius 2 is 1.36 bits per heavy atom. The molecule has 0 aromatic carbocycles. The minimum Gasteiger partial charge on any atom is -0.392 e. The number of carbonyl (C=O) groups excluding carboxylic acids is 1. The first-order valence-corrected chi connectivity index (χ1v) is 5.47. The van der Waals surface area contributed by atoms with Crippen molar-refractivity contribution >= 4 is 5.78 Å². The maximum Gasteiger partial charge on any atom is 0.135 e. The van der Waals surface area contributed by atoms with Gasteiger partial charge in [-0.2, -0.15) is 0 Å². The highest BCUT2D eigenvalue weighted by molar-refractivity contribution is 5.78. The second-order valence-electron chi connectivity index (χ2n) is 4.96. The maximum atomic E-state index is 11.2. The van der Waals surface area contributed by atoms with E-state index in [-0.39, 0.29) is 17.6 Å². The highest BCUT2D eigenvalue weighted by atomic mass is 16.3. The van der Waals surface area contributed by atoms with Crippen molar-refractivity contribution < 1.29 is 9.90 Å². The highest BCUT2D eigenvalue weighted by Gasteiger charge is 2.31. The van der Waals surface area contributed by atoms with Crippen molar-refractivity contribution in [3.05, 3.63) is 0 Å². The Hall–Kier alpha value is -0.370. The Labute approximate surface area is 87.7 Å². The summed E-state index contributed by atoms with van der Waals surface area (Å²) in [6, 6.07) is 0. The summed E-state index contributed by atoms with van der Waals surface area (Å²) in [6.07, 6.45) is -0.507. The molecule has 0 radical (unpaired) electrons. The van der Waals surface area contributed by atoms with E-state index in [0.717, 1.165) is 0 Å². The summed E-state index contributed by atoms with van der Waals surface area (Å²) in [5, 5.41) is 10.1. The first kappa shape index (κ1) is 13.6. The maximum absolute atomic E-state index is 11.2. The number of hydrogen-bond donors (Lipinski definition) is 1. The van der Waals surface area contributed by atoms with Crippen molar-refractivity contribution in [1.82, 2.24) is 0 Å². The zero-order valence-corrected chi connectivity index (χ0v) is 10.2. The molecule has 14 heavy (non-hydrogen) atoms. The normalized spacial score (nSPS) is 16.4. The van der Waals surface area contributed by atoms with Gasteiger partial charge in [0.2, 0.25) is 0 Å². The summed E-state index contributed by atoms with van der Waals surface area (Å²) in [5.74, 6) is 0.848. The van der Waals surface area contributed by atoms with Crippen molar-refractivity contribution in [3.63, 3.8) is 0 Å². The third kappa shape index (κ3) is 3.41. The molecule has 1 N–H and O–H groups in total. The first-order valence-electron chi connectivity index (χ1n) is 5.47. The van der Waals surface area contributed by atoms with Crippen LogP contribution >= 0.6 is 0 Å². The zero-order valence-electron chi connectivity index (χ0n) is 10.2. The topological polar surface area (TPSA) is 37.3 Å². The Morgan fingerprint density at radius 1 is 1.00 bits per heavy atom. The molecule has 2 unspecified atom stereocenters. The van der Waals surface area contributed by atoms with E-state index >= 15 is 0 Å². The van der Waals surface area contributed by atoms with Gasteiger partial charge in [0.15, 0.2) is 0 Å². The van der Waals surface area contributed by atoms with E-state index in [1.807, 2.05) is 6.92 Å². The summed E-state index contributed by atoms with van der Waals surface area (Å²) in [6.45, 7) is 11.7. The van der Waals surface area contributed by atoms with E-state index in [9.17, 15) is 9.90 Å². The minimum atomic E-state index is -0.507. The van der Waals surface area contributed by atoms with Gasteiger partial charge in [0, 0.05) is 5.92 Å². The van der Waals surface area contributed by atoms with Crippen LogP contribution in [0, 0.1) is 23.7 Å². The van der Waals surface area contributed by atoms with Gasteiger partial charge in [0.05, 0.1) is 6.10 Å². The standard InChI is InChI=1S/C12H24O2/c1-7(2)11(8(3)4)12(14)9(5)10(6)13/h7-9,11-12,14H,1-6H3. The van der Waals surface area contributed by atoms with E-state index in [4.69, 9.17) is 0 Å². The molecule has 0 fully saturated rings. The van der Waals surface area contributed by atoms with Crippen LogP contribution in [-0.4, -0.2) is 17.0 Å². The summed E-state index contributed by atoms with van der Waals surface area (Å²) in [5.41, 5.74) is 0. The number of aliphatic hydroxyl groups is 1. The van der Waals surface area contributed by atoms with Crippen LogP contribution in [0.3, 0.4) is 0 Å². The van der Waals surface area contributed by atoms with Gasteiger partial charge in [-0.25, -0.2) is 0 Å². The monoisotopic (exact) mass is 200 g/mol. The first-order chi connectivity index (χ1) is 6.29. The molecule has 0 rings (SSSR count). The average molecular weight is 200 g/mol. The average Bonchev–Trinajstić information content (AvgIpc) is 2.01. The number of hydrogen-bond acceptors (Lipinski definition) is 2. The SMILES string of the molecule is CC(=O)C(C)C(O)C(C(C)C)C(C)C. The van der Waals surface area contributed by atoms with E-state index in [0.29, 0.717) is 11.8 Å². The Bertz CT molecular complexity index is 177. The van der Waals surface area contributed by atoms with Crippen molar-refractivity contribution in [3.8, 4) is 0 Å². The molecular formula is C12H24O2. The van der Waals surface area contributed by atoms with Crippen molar-refractivity contribution in [2.75, 3.05) is 0 Å². The van der Waals surface area contributed by atoms with E-state index in [2.05, 4.69) is 27.7 Å². The number of aliphatic hydroxyl groups excluding tert-OH is 1. The highest BCUT2D eigenvalue weighted by Crippen LogP contribution is 2.28. The van der Waals surface area contributed by atoms with Crippen LogP contribution in [0.15, 0.2) is 0 Å². The van der Waals surface area contributed by atoms with Gasteiger partial charge in [-0.1, -0.05) is 34.6 Å². The summed E-state index contributed by atoms with van der Waals surface area (Å²) >= 11 is 0. The van der Waals surface area contributed by atoms with Crippen LogP contribution in [0.4, 0.5) is 0 Å². The van der Waals surface area contributed by atoms with Gasteiger partial charge < -0.3 is 5.11 Å². The lowest BCUT2D eigenvalue weighted by Gasteiger charge is -2.32. The Morgan fingerprint density at radius 3 is 1.57 bits per heavy atom. The largest absolute Gasteiger partial charge is 0.392 e. The molecule has 2 nitrogen and oxygen atoms in total. The predicted octanol–water partition coefficient (Wildman–Crippen LogP) is 2.50. The lowest BCUT2D eigenvalue weighted by atomic mass is 9.76. The molecule has 0 heterocycles. The molecule has 84 valence electrons. The molecule has 0 spiro atoms. The van der Waals surface area contributed by atoms with Crippen molar-refractivity contribution in [1.29, 1.82) is 0 Å². The van der Waals surface area contributed by atoms with Gasteiger partial charge >= 0.3 is 0 Å². The van der Waals surface area contributed by atoms with E-state index in [1.165, 1.54) is 0 Å². The fourth-order valence-corrected chi connectivity index (χ4v) is 2.13. The van der Waals surface area contributed by atoms with Crippen molar-refractivity contribution in [2.24, 2.45) is 23.7 Å². The van der Waals surface area contributed by atoms with Crippen molar-refractivity contribution in [2.45, 2.75) is 47.6 Å². The third-order valence-corrected chi connectivity index (χ3v) is 3.09. The van der Waals surface area contributed by atoms with Crippen LogP contribution in [0.25, 0.3) is 0 Å². The third-order valence-electron chi connectivity index (χ3n) is 3.09. The van der Waals surface area contributed by atoms with Gasteiger partial charge in [-0.15, -0.1) is 0 Å². The molecule has 0 aromatic rings. The molecule has 2 atom stereocenters. The molecule has 0 aliphatic heterocycles. The van der Waals surface area contributed by atoms with Crippen LogP contribution in [0.5, 0.6) is 0 Å². The van der Waals surface area contributed by atoms with Gasteiger partial charge in [-0.3, -0.25) is 4.79 Å². The fourth-order valence-electron chi connectivity index (χ4n) is 2.13. The molecule has 0 aliphatic rings. The Kier molecular flexibility index (Phi) is 5.35. The smallest absolute Gasteiger partial charge is 0.135 e. The fraction of sp³-hybridized carbons (Fsp3) is 0.917. The molecule has 0 saturated carbocycles. The molecule has 0 aliphatic carbocycles. The van der Waals surface area contributed by atoms with Crippen LogP contribution in [-0.2, 0) is 4.79 Å². The molecule has 0 aromatic heterocycles. The summed E-state index contributed by atoms with van der Waals surface area (Å²) in [4.78, 5) is 11.2. The quantitative estimate of drug-likeness (QED) is 0.740. The number of rotatable bonds is 5. The van der Waals surface area contributed by atoms with Gasteiger partial charge in [0.1, 0.15) is 5.78 Å². The summed E-state index contributed by atoms with van der Waals surface area (Å²) < 4.78 is 0. The van der Waals surface area contributed by atoms with Crippen LogP contribution in [0.1, 0.15) is 41.5 Å². The molecule has 0 bridgehead atoms. The zero-order chi connectivity index (χ0) is 11.5. The number of Topliss-reactive ketones (excluding diaryl/α,β-unsaturated/α-hetero) is 1. The summed E-state index contributed by atoms with van der Waals surface area (Å²) in [7, 11) is 0. The molecule has 2 heteroatoms. The molecular weight excluding hydrogens is 176 g/mol. The molecule has 0 amide bonds. The second-order valence-corrected chi connectivity index (χ2v) is 4.96. The lowest BCUT2D eigenvalue weighted by molar-refractivity contribution is -0.125. The van der Waals surface area contributed by atoms with Gasteiger partial charge in [0.25, 0.3) is 0 Å². The lowest BCUT2D eigenvalue weighted by Crippen LogP contribution is -2.37. The second kappa shape index (κ2) is 5.50. The van der Waals surface area contributed by atoms with E-state index < -0.39 is 6.10 Å². The van der Waals surface area contributed by atoms with Gasteiger partial charge in [-0.05, 0) is 24.7 Å². The van der Waals surface area contributed by atoms with Crippen LogP contribution < -0.4 is 0 Å². The molecule has 0 saturated heterocycles. The number of carbonyl (C=O) groups is 1. The van der Waals surface area contributed by atoms with Crippen LogP contribution in [0.2, 0.25) is 0 Å². The Balaban J connectivity index is 4.59. The van der Waals surface area contributed by atoms with E-state index in [1.54, 1.807) is 6.92 Å².